The second-order valence-electron chi connectivity index (χ2n) is 10.4. The predicted octanol–water partition coefficient (Wildman–Crippen LogP) is 2.74. The normalized spacial score (nSPS) is 46.1. The van der Waals surface area contributed by atoms with Crippen LogP contribution in [0.3, 0.4) is 0 Å². The molecule has 0 aromatic heterocycles. The molecule has 3 aliphatic carbocycles. The van der Waals surface area contributed by atoms with Gasteiger partial charge < -0.3 is 15.7 Å². The van der Waals surface area contributed by atoms with Crippen LogP contribution in [-0.4, -0.2) is 28.7 Å². The number of fused-ring (bicyclic) bond motifs is 5. The molecule has 0 spiro atoms. The molecule has 7 atom stereocenters. The third kappa shape index (κ3) is 2.93. The van der Waals surface area contributed by atoms with Crippen LogP contribution in [-0.2, 0) is 9.59 Å². The topological polar surface area (TPSA) is 78.4 Å². The minimum absolute atomic E-state index is 0.00988. The highest BCUT2D eigenvalue weighted by molar-refractivity contribution is 5.89. The van der Waals surface area contributed by atoms with Crippen molar-refractivity contribution in [2.75, 3.05) is 0 Å². The van der Waals surface area contributed by atoms with Gasteiger partial charge in [0, 0.05) is 17.4 Å². The Balaban J connectivity index is 1.58. The van der Waals surface area contributed by atoms with Gasteiger partial charge in [0.05, 0.1) is 0 Å². The van der Waals surface area contributed by atoms with E-state index in [1.165, 1.54) is 0 Å². The number of aliphatic hydroxyl groups is 1. The summed E-state index contributed by atoms with van der Waals surface area (Å²) in [6, 6.07) is 0.247. The molecule has 0 aromatic carbocycles. The zero-order chi connectivity index (χ0) is 19.6. The molecule has 1 heterocycles. The van der Waals surface area contributed by atoms with E-state index in [9.17, 15) is 14.7 Å². The standard InChI is InChI=1S/C22H34N2O3/c1-20(2,27)24-19(26)16-7-6-14-13-5-8-17-22(4,12-10-18(25)23-17)15(13)9-11-21(14,16)3/h10,12-17,27H,5-9,11H2,1-4H3,(H,23,25)(H,24,26). The van der Waals surface area contributed by atoms with Crippen LogP contribution in [0, 0.1) is 34.5 Å². The highest BCUT2D eigenvalue weighted by atomic mass is 16.3. The Bertz CT molecular complexity index is 682. The minimum Gasteiger partial charge on any atom is -0.372 e. The average molecular weight is 375 g/mol. The molecule has 4 rings (SSSR count). The molecule has 5 heteroatoms. The predicted molar refractivity (Wildman–Crippen MR) is 103 cm³/mol. The number of carbonyl (C=O) groups excluding carboxylic acids is 2. The molecule has 150 valence electrons. The van der Waals surface area contributed by atoms with Crippen LogP contribution in [0.25, 0.3) is 0 Å². The van der Waals surface area contributed by atoms with Crippen molar-refractivity contribution >= 4 is 11.8 Å². The maximum atomic E-state index is 12.9. The van der Waals surface area contributed by atoms with Gasteiger partial charge in [0.25, 0.3) is 0 Å². The fourth-order valence-corrected chi connectivity index (χ4v) is 7.15. The second-order valence-corrected chi connectivity index (χ2v) is 10.4. The largest absolute Gasteiger partial charge is 0.372 e. The molecule has 3 N–H and O–H groups in total. The highest BCUT2D eigenvalue weighted by Gasteiger charge is 2.61. The molecule has 7 unspecified atom stereocenters. The molecule has 0 bridgehead atoms. The van der Waals surface area contributed by atoms with Crippen LogP contribution < -0.4 is 10.6 Å². The fraction of sp³-hybridized carbons (Fsp3) is 0.818. The average Bonchev–Trinajstić information content (AvgIpc) is 2.91. The number of carbonyl (C=O) groups is 2. The van der Waals surface area contributed by atoms with Gasteiger partial charge in [-0.2, -0.15) is 0 Å². The van der Waals surface area contributed by atoms with Crippen LogP contribution in [0.15, 0.2) is 12.2 Å². The monoisotopic (exact) mass is 374 g/mol. The lowest BCUT2D eigenvalue weighted by Crippen LogP contribution is -2.59. The number of amides is 2. The van der Waals surface area contributed by atoms with Crippen molar-refractivity contribution in [1.82, 2.24) is 10.6 Å². The van der Waals surface area contributed by atoms with Crippen LogP contribution in [0.5, 0.6) is 0 Å². The minimum atomic E-state index is -1.17. The zero-order valence-corrected chi connectivity index (χ0v) is 17.0. The smallest absolute Gasteiger partial charge is 0.243 e. The molecule has 4 aliphatic rings. The van der Waals surface area contributed by atoms with Gasteiger partial charge in [0.2, 0.25) is 11.8 Å². The molecule has 0 radical (unpaired) electrons. The van der Waals surface area contributed by atoms with E-state index < -0.39 is 5.72 Å². The molecule has 0 aromatic rings. The molecular formula is C22H34N2O3. The van der Waals surface area contributed by atoms with Crippen molar-refractivity contribution < 1.29 is 14.7 Å². The Morgan fingerprint density at radius 1 is 1.19 bits per heavy atom. The maximum Gasteiger partial charge on any atom is 0.243 e. The van der Waals surface area contributed by atoms with Gasteiger partial charge in [-0.1, -0.05) is 19.9 Å². The van der Waals surface area contributed by atoms with Gasteiger partial charge in [0.1, 0.15) is 5.72 Å². The number of hydrogen-bond donors (Lipinski definition) is 3. The maximum absolute atomic E-state index is 12.9. The van der Waals surface area contributed by atoms with E-state index >= 15 is 0 Å². The highest BCUT2D eigenvalue weighted by Crippen LogP contribution is 2.65. The summed E-state index contributed by atoms with van der Waals surface area (Å²) >= 11 is 0. The summed E-state index contributed by atoms with van der Waals surface area (Å²) in [6.07, 6.45) is 10.2. The SMILES string of the molecule is CC(C)(O)NC(=O)C1CCC2C3CCC4NC(=O)C=CC4(C)C3CCC12C. The van der Waals surface area contributed by atoms with E-state index in [4.69, 9.17) is 0 Å². The molecule has 3 saturated carbocycles. The van der Waals surface area contributed by atoms with Crippen molar-refractivity contribution in [3.8, 4) is 0 Å². The lowest BCUT2D eigenvalue weighted by Gasteiger charge is -2.58. The first-order valence-electron chi connectivity index (χ1n) is 10.6. The Hall–Kier alpha value is -1.36. The lowest BCUT2D eigenvalue weighted by atomic mass is 9.48. The summed E-state index contributed by atoms with van der Waals surface area (Å²) < 4.78 is 0. The van der Waals surface area contributed by atoms with Gasteiger partial charge in [-0.15, -0.1) is 0 Å². The van der Waals surface area contributed by atoms with Crippen LogP contribution in [0.1, 0.15) is 66.2 Å². The summed E-state index contributed by atoms with van der Waals surface area (Å²) in [6.45, 7) is 7.88. The van der Waals surface area contributed by atoms with Crippen molar-refractivity contribution in [3.63, 3.8) is 0 Å². The Kier molecular flexibility index (Phi) is 4.26. The molecule has 0 saturated heterocycles. The zero-order valence-electron chi connectivity index (χ0n) is 17.0. The van der Waals surface area contributed by atoms with E-state index in [2.05, 4.69) is 30.6 Å². The Labute approximate surface area is 162 Å². The van der Waals surface area contributed by atoms with Gasteiger partial charge >= 0.3 is 0 Å². The van der Waals surface area contributed by atoms with E-state index in [0.717, 1.165) is 38.5 Å². The first-order valence-corrected chi connectivity index (χ1v) is 10.6. The molecule has 27 heavy (non-hydrogen) atoms. The van der Waals surface area contributed by atoms with Crippen LogP contribution >= 0.6 is 0 Å². The van der Waals surface area contributed by atoms with E-state index in [1.807, 2.05) is 0 Å². The van der Waals surface area contributed by atoms with Crippen LogP contribution in [0.2, 0.25) is 0 Å². The summed E-state index contributed by atoms with van der Waals surface area (Å²) in [4.78, 5) is 24.7. The van der Waals surface area contributed by atoms with Gasteiger partial charge in [-0.05, 0) is 81.6 Å². The van der Waals surface area contributed by atoms with E-state index in [1.54, 1.807) is 19.9 Å². The van der Waals surface area contributed by atoms with Gasteiger partial charge in [-0.25, -0.2) is 0 Å². The lowest BCUT2D eigenvalue weighted by molar-refractivity contribution is -0.139. The number of nitrogens with one attached hydrogen (secondary N) is 2. The summed E-state index contributed by atoms with van der Waals surface area (Å²) in [7, 11) is 0. The van der Waals surface area contributed by atoms with Crippen molar-refractivity contribution in [2.24, 2.45) is 34.5 Å². The second kappa shape index (κ2) is 6.07. The molecule has 1 aliphatic heterocycles. The van der Waals surface area contributed by atoms with E-state index in [-0.39, 0.29) is 34.6 Å². The van der Waals surface area contributed by atoms with E-state index in [0.29, 0.717) is 17.8 Å². The van der Waals surface area contributed by atoms with Crippen molar-refractivity contribution in [2.45, 2.75) is 78.0 Å². The van der Waals surface area contributed by atoms with Gasteiger partial charge in [0.15, 0.2) is 0 Å². The molecule has 3 fully saturated rings. The molecule has 2 amide bonds. The third-order valence-electron chi connectivity index (χ3n) is 8.43. The summed E-state index contributed by atoms with van der Waals surface area (Å²) in [5.74, 6) is 1.78. The Morgan fingerprint density at radius 2 is 1.93 bits per heavy atom. The third-order valence-corrected chi connectivity index (χ3v) is 8.43. The number of rotatable bonds is 2. The molecule has 5 nitrogen and oxygen atoms in total. The summed E-state index contributed by atoms with van der Waals surface area (Å²) in [5.41, 5.74) is -1.12. The number of hydrogen-bond acceptors (Lipinski definition) is 3. The molecular weight excluding hydrogens is 340 g/mol. The first kappa shape index (κ1) is 19.0. The van der Waals surface area contributed by atoms with Gasteiger partial charge in [-0.3, -0.25) is 9.59 Å². The van der Waals surface area contributed by atoms with Crippen molar-refractivity contribution in [1.29, 1.82) is 0 Å². The van der Waals surface area contributed by atoms with Crippen molar-refractivity contribution in [3.05, 3.63) is 12.2 Å². The first-order chi connectivity index (χ1) is 12.5. The quantitative estimate of drug-likeness (QED) is 0.650. The van der Waals surface area contributed by atoms with Crippen LogP contribution in [0.4, 0.5) is 0 Å². The summed E-state index contributed by atoms with van der Waals surface area (Å²) in [5, 5.41) is 16.0. The Morgan fingerprint density at radius 3 is 2.63 bits per heavy atom. The fourth-order valence-electron chi connectivity index (χ4n) is 7.15.